The Labute approximate surface area is 189 Å². The molecule has 4 aliphatic rings. The van der Waals surface area contributed by atoms with Gasteiger partial charge < -0.3 is 14.9 Å². The van der Waals surface area contributed by atoms with Crippen molar-refractivity contribution >= 4 is 0 Å². The molecule has 0 bridgehead atoms. The average Bonchev–Trinajstić information content (AvgIpc) is 3.08. The Balaban J connectivity index is 1.44. The van der Waals surface area contributed by atoms with Gasteiger partial charge in [0, 0.05) is 19.6 Å². The van der Waals surface area contributed by atoms with Crippen molar-refractivity contribution in [2.75, 3.05) is 26.2 Å². The molecule has 4 fully saturated rings. The predicted octanol–water partition coefficient (Wildman–Crippen LogP) is 4.48. The molecule has 3 aliphatic carbocycles. The summed E-state index contributed by atoms with van der Waals surface area (Å²) in [6, 6.07) is 0. The standard InChI is InChI=1S/C27H43NO3/c1-18(16-28-12-13-31-19(2)17-28)23-9-10-24-22(6-5-11-27(23,24)4)8-7-21-14-25(29)20(3)26(30)15-21/h7-8,18-19,23-26,29-30H,3,5-6,9-17H2,1-2,4H3/b22-8+/t18-,19-,23-,24+,25-,26-,27-/m1/s1. The van der Waals surface area contributed by atoms with E-state index in [-0.39, 0.29) is 0 Å². The summed E-state index contributed by atoms with van der Waals surface area (Å²) in [6.07, 6.45) is 11.4. The van der Waals surface area contributed by atoms with Gasteiger partial charge in [0.2, 0.25) is 0 Å². The number of rotatable bonds is 4. The van der Waals surface area contributed by atoms with E-state index in [2.05, 4.69) is 44.4 Å². The summed E-state index contributed by atoms with van der Waals surface area (Å²) in [7, 11) is 0. The highest BCUT2D eigenvalue weighted by atomic mass is 16.5. The summed E-state index contributed by atoms with van der Waals surface area (Å²) >= 11 is 0. The number of hydrogen-bond donors (Lipinski definition) is 2. The molecule has 1 aliphatic heterocycles. The van der Waals surface area contributed by atoms with Crippen LogP contribution < -0.4 is 0 Å². The van der Waals surface area contributed by atoms with Gasteiger partial charge in [-0.05, 0) is 80.6 Å². The summed E-state index contributed by atoms with van der Waals surface area (Å²) < 4.78 is 5.74. The lowest BCUT2D eigenvalue weighted by Gasteiger charge is -2.45. The third-order valence-electron chi connectivity index (χ3n) is 8.90. The number of aliphatic hydroxyl groups excluding tert-OH is 2. The lowest BCUT2D eigenvalue weighted by atomic mass is 9.61. The van der Waals surface area contributed by atoms with Crippen LogP contribution in [-0.2, 0) is 4.74 Å². The Morgan fingerprint density at radius 2 is 1.97 bits per heavy atom. The van der Waals surface area contributed by atoms with Crippen LogP contribution in [0, 0.1) is 23.2 Å². The van der Waals surface area contributed by atoms with Crippen LogP contribution in [0.3, 0.4) is 0 Å². The van der Waals surface area contributed by atoms with Gasteiger partial charge in [0.1, 0.15) is 0 Å². The largest absolute Gasteiger partial charge is 0.388 e. The minimum absolute atomic E-state index is 0.360. The molecule has 31 heavy (non-hydrogen) atoms. The number of ether oxygens (including phenoxy) is 1. The quantitative estimate of drug-likeness (QED) is 0.647. The van der Waals surface area contributed by atoms with Crippen LogP contribution in [0.4, 0.5) is 0 Å². The van der Waals surface area contributed by atoms with Crippen molar-refractivity contribution in [2.45, 2.75) is 84.0 Å². The first kappa shape index (κ1) is 23.2. The van der Waals surface area contributed by atoms with E-state index in [1.807, 2.05) is 0 Å². The molecule has 0 aromatic heterocycles. The topological polar surface area (TPSA) is 52.9 Å². The second kappa shape index (κ2) is 9.51. The van der Waals surface area contributed by atoms with Crippen LogP contribution in [0.1, 0.15) is 65.7 Å². The van der Waals surface area contributed by atoms with Crippen LogP contribution >= 0.6 is 0 Å². The van der Waals surface area contributed by atoms with Crippen LogP contribution in [0.2, 0.25) is 0 Å². The third kappa shape index (κ3) is 4.88. The summed E-state index contributed by atoms with van der Waals surface area (Å²) in [5.41, 5.74) is 3.72. The van der Waals surface area contributed by atoms with Crippen molar-refractivity contribution in [1.29, 1.82) is 0 Å². The number of fused-ring (bicyclic) bond motifs is 1. The number of aliphatic hydroxyl groups is 2. The maximum absolute atomic E-state index is 10.2. The molecule has 174 valence electrons. The second-order valence-corrected chi connectivity index (χ2v) is 11.1. The maximum Gasteiger partial charge on any atom is 0.0809 e. The Morgan fingerprint density at radius 3 is 2.68 bits per heavy atom. The molecule has 4 rings (SSSR count). The van der Waals surface area contributed by atoms with Crippen molar-refractivity contribution in [2.24, 2.45) is 23.2 Å². The number of nitrogens with zero attached hydrogens (tertiary/aromatic N) is 1. The van der Waals surface area contributed by atoms with Crippen molar-refractivity contribution in [3.8, 4) is 0 Å². The van der Waals surface area contributed by atoms with Crippen LogP contribution in [0.25, 0.3) is 0 Å². The zero-order chi connectivity index (χ0) is 22.2. The van der Waals surface area contributed by atoms with Gasteiger partial charge in [0.15, 0.2) is 0 Å². The van der Waals surface area contributed by atoms with Gasteiger partial charge in [-0.15, -0.1) is 0 Å². The Kier molecular flexibility index (Phi) is 7.12. The monoisotopic (exact) mass is 429 g/mol. The zero-order valence-electron chi connectivity index (χ0n) is 19.9. The number of allylic oxidation sites excluding steroid dienone is 3. The highest BCUT2D eigenvalue weighted by Crippen LogP contribution is 2.59. The molecule has 0 amide bonds. The molecule has 0 spiro atoms. The summed E-state index contributed by atoms with van der Waals surface area (Å²) in [4.78, 5) is 2.62. The average molecular weight is 430 g/mol. The van der Waals surface area contributed by atoms with E-state index >= 15 is 0 Å². The van der Waals surface area contributed by atoms with E-state index in [0.717, 1.165) is 31.2 Å². The maximum atomic E-state index is 10.2. The van der Waals surface area contributed by atoms with Gasteiger partial charge in [-0.25, -0.2) is 0 Å². The molecular weight excluding hydrogens is 386 g/mol. The fraction of sp³-hybridized carbons (Fsp3) is 0.778. The van der Waals surface area contributed by atoms with Gasteiger partial charge >= 0.3 is 0 Å². The Morgan fingerprint density at radius 1 is 1.23 bits per heavy atom. The van der Waals surface area contributed by atoms with Gasteiger partial charge in [-0.3, -0.25) is 4.90 Å². The molecule has 7 atom stereocenters. The Hall–Kier alpha value is -0.940. The number of hydrogen-bond acceptors (Lipinski definition) is 4. The lowest BCUT2D eigenvalue weighted by Crippen LogP contribution is -2.45. The molecule has 2 N–H and O–H groups in total. The smallest absolute Gasteiger partial charge is 0.0809 e. The highest BCUT2D eigenvalue weighted by molar-refractivity contribution is 5.29. The van der Waals surface area contributed by atoms with Crippen molar-refractivity contribution in [1.82, 2.24) is 4.90 Å². The lowest BCUT2D eigenvalue weighted by molar-refractivity contribution is -0.0298. The molecule has 1 saturated heterocycles. The molecule has 0 unspecified atom stereocenters. The van der Waals surface area contributed by atoms with Crippen LogP contribution in [0.5, 0.6) is 0 Å². The molecule has 1 heterocycles. The molecule has 0 radical (unpaired) electrons. The Bertz CT molecular complexity index is 712. The molecule has 3 saturated carbocycles. The van der Waals surface area contributed by atoms with E-state index < -0.39 is 12.2 Å². The second-order valence-electron chi connectivity index (χ2n) is 11.1. The van der Waals surface area contributed by atoms with Crippen LogP contribution in [0.15, 0.2) is 35.5 Å². The minimum atomic E-state index is -0.607. The van der Waals surface area contributed by atoms with E-state index in [1.165, 1.54) is 38.6 Å². The fourth-order valence-electron chi connectivity index (χ4n) is 7.23. The summed E-state index contributed by atoms with van der Waals surface area (Å²) in [5, 5.41) is 20.3. The molecule has 0 aromatic rings. The first-order valence-corrected chi connectivity index (χ1v) is 12.5. The summed E-state index contributed by atoms with van der Waals surface area (Å²) in [5.74, 6) is 2.18. The first-order valence-electron chi connectivity index (χ1n) is 12.5. The van der Waals surface area contributed by atoms with E-state index in [4.69, 9.17) is 4.74 Å². The SMILES string of the molecule is C=C1[C@H](O)CC(=C/C=C2\CCC[C@]3(C)[C@@H]([C@H](C)CN4CCO[C@H](C)C4)CC[C@@H]23)C[C@H]1O. The zero-order valence-corrected chi connectivity index (χ0v) is 19.9. The molecule has 4 heteroatoms. The number of morpholine rings is 1. The van der Waals surface area contributed by atoms with E-state index in [9.17, 15) is 10.2 Å². The highest BCUT2D eigenvalue weighted by Gasteiger charge is 2.50. The first-order chi connectivity index (χ1) is 14.8. The van der Waals surface area contributed by atoms with Crippen molar-refractivity contribution in [3.63, 3.8) is 0 Å². The van der Waals surface area contributed by atoms with Gasteiger partial charge in [-0.2, -0.15) is 0 Å². The van der Waals surface area contributed by atoms with Gasteiger partial charge in [-0.1, -0.05) is 43.7 Å². The molecule has 4 nitrogen and oxygen atoms in total. The van der Waals surface area contributed by atoms with E-state index in [0.29, 0.717) is 41.8 Å². The van der Waals surface area contributed by atoms with Crippen molar-refractivity contribution < 1.29 is 14.9 Å². The molecular formula is C27H43NO3. The molecule has 0 aromatic carbocycles. The summed E-state index contributed by atoms with van der Waals surface area (Å²) in [6.45, 7) is 15.3. The van der Waals surface area contributed by atoms with E-state index in [1.54, 1.807) is 5.57 Å². The van der Waals surface area contributed by atoms with Gasteiger partial charge in [0.25, 0.3) is 0 Å². The fourth-order valence-corrected chi connectivity index (χ4v) is 7.23. The van der Waals surface area contributed by atoms with Crippen LogP contribution in [-0.4, -0.2) is 59.7 Å². The normalized spacial score (nSPS) is 42.0. The van der Waals surface area contributed by atoms with Crippen molar-refractivity contribution in [3.05, 3.63) is 35.5 Å². The predicted molar refractivity (Wildman–Crippen MR) is 126 cm³/mol. The third-order valence-corrected chi connectivity index (χ3v) is 8.90. The van der Waals surface area contributed by atoms with Gasteiger partial charge in [0.05, 0.1) is 24.9 Å². The minimum Gasteiger partial charge on any atom is -0.388 e.